The molecule has 0 amide bonds. The lowest BCUT2D eigenvalue weighted by Gasteiger charge is -2.30. The highest BCUT2D eigenvalue weighted by molar-refractivity contribution is 7.15. The molecule has 1 heterocycles. The van der Waals surface area contributed by atoms with Crippen molar-refractivity contribution < 1.29 is 9.53 Å². The van der Waals surface area contributed by atoms with Gasteiger partial charge in [0.15, 0.2) is 0 Å². The van der Waals surface area contributed by atoms with Crippen LogP contribution in [0.4, 0.5) is 10.8 Å². The zero-order valence-electron chi connectivity index (χ0n) is 16.3. The lowest BCUT2D eigenvalue weighted by atomic mass is 9.79. The molecule has 0 aliphatic heterocycles. The SMILES string of the molecule is CC(=O)Oc1c(C(C)(C)C)cc(Nc2nnc(C)s2)cc1C(C)(C)C. The number of nitrogens with zero attached hydrogens (tertiary/aromatic N) is 2. The zero-order chi connectivity index (χ0) is 19.0. The molecule has 1 aromatic carbocycles. The Balaban J connectivity index is 2.65. The molecule has 2 rings (SSSR count). The van der Waals surface area contributed by atoms with Crippen LogP contribution in [-0.2, 0) is 15.6 Å². The molecule has 1 N–H and O–H groups in total. The van der Waals surface area contributed by atoms with E-state index in [4.69, 9.17) is 4.74 Å². The Morgan fingerprint density at radius 2 is 1.56 bits per heavy atom. The van der Waals surface area contributed by atoms with Crippen molar-refractivity contribution in [2.75, 3.05) is 5.32 Å². The summed E-state index contributed by atoms with van der Waals surface area (Å²) in [6.45, 7) is 16.0. The van der Waals surface area contributed by atoms with Crippen molar-refractivity contribution in [1.82, 2.24) is 10.2 Å². The van der Waals surface area contributed by atoms with Crippen molar-refractivity contribution in [3.8, 4) is 5.75 Å². The van der Waals surface area contributed by atoms with E-state index in [0.29, 0.717) is 5.75 Å². The van der Waals surface area contributed by atoms with Crippen molar-refractivity contribution >= 4 is 28.1 Å². The molecule has 1 aromatic heterocycles. The third-order valence-electron chi connectivity index (χ3n) is 3.73. The highest BCUT2D eigenvalue weighted by Crippen LogP contribution is 2.42. The Kier molecular flexibility index (Phi) is 5.23. The number of carbonyl (C=O) groups excluding carboxylic acids is 1. The van der Waals surface area contributed by atoms with Gasteiger partial charge in [0.1, 0.15) is 10.8 Å². The van der Waals surface area contributed by atoms with Gasteiger partial charge in [-0.25, -0.2) is 0 Å². The Bertz CT molecular complexity index is 748. The fourth-order valence-electron chi connectivity index (χ4n) is 2.54. The van der Waals surface area contributed by atoms with Crippen LogP contribution in [-0.4, -0.2) is 16.2 Å². The topological polar surface area (TPSA) is 64.1 Å². The summed E-state index contributed by atoms with van der Waals surface area (Å²) >= 11 is 1.51. The molecule has 0 spiro atoms. The Morgan fingerprint density at radius 1 is 1.04 bits per heavy atom. The second-order valence-corrected chi connectivity index (χ2v) is 9.43. The monoisotopic (exact) mass is 361 g/mol. The van der Waals surface area contributed by atoms with Crippen LogP contribution in [0.5, 0.6) is 5.75 Å². The van der Waals surface area contributed by atoms with Crippen molar-refractivity contribution in [2.45, 2.75) is 66.2 Å². The lowest BCUT2D eigenvalue weighted by Crippen LogP contribution is -2.21. The van der Waals surface area contributed by atoms with E-state index in [1.807, 2.05) is 19.1 Å². The quantitative estimate of drug-likeness (QED) is 0.608. The third-order valence-corrected chi connectivity index (χ3v) is 4.48. The molecule has 136 valence electrons. The number of ether oxygens (including phenoxy) is 1. The molecule has 0 saturated heterocycles. The van der Waals surface area contributed by atoms with Crippen LogP contribution in [0.15, 0.2) is 12.1 Å². The number of esters is 1. The molecular weight excluding hydrogens is 334 g/mol. The van der Waals surface area contributed by atoms with Crippen LogP contribution in [0.1, 0.15) is 64.6 Å². The summed E-state index contributed by atoms with van der Waals surface area (Å²) in [6.07, 6.45) is 0. The van der Waals surface area contributed by atoms with E-state index in [-0.39, 0.29) is 16.8 Å². The van der Waals surface area contributed by atoms with E-state index >= 15 is 0 Å². The number of carbonyl (C=O) groups is 1. The van der Waals surface area contributed by atoms with Crippen LogP contribution in [0.2, 0.25) is 0 Å². The Labute approximate surface area is 153 Å². The first-order chi connectivity index (χ1) is 11.4. The predicted octanol–water partition coefficient (Wildman–Crippen LogP) is 5.11. The van der Waals surface area contributed by atoms with Crippen LogP contribution >= 0.6 is 11.3 Å². The first-order valence-electron chi connectivity index (χ1n) is 8.32. The first-order valence-corrected chi connectivity index (χ1v) is 9.14. The van der Waals surface area contributed by atoms with Crippen LogP contribution in [0.3, 0.4) is 0 Å². The normalized spacial score (nSPS) is 12.2. The van der Waals surface area contributed by atoms with E-state index in [0.717, 1.165) is 27.0 Å². The number of anilines is 2. The van der Waals surface area contributed by atoms with Gasteiger partial charge in [-0.1, -0.05) is 52.9 Å². The van der Waals surface area contributed by atoms with Crippen molar-refractivity contribution in [1.29, 1.82) is 0 Å². The second-order valence-electron chi connectivity index (χ2n) is 8.25. The van der Waals surface area contributed by atoms with E-state index in [1.54, 1.807) is 0 Å². The summed E-state index contributed by atoms with van der Waals surface area (Å²) in [4.78, 5) is 11.7. The van der Waals surface area contributed by atoms with Gasteiger partial charge in [0.05, 0.1) is 0 Å². The van der Waals surface area contributed by atoms with Gasteiger partial charge >= 0.3 is 5.97 Å². The summed E-state index contributed by atoms with van der Waals surface area (Å²) < 4.78 is 5.65. The molecule has 0 saturated carbocycles. The fraction of sp³-hybridized carbons (Fsp3) is 0.526. The molecule has 25 heavy (non-hydrogen) atoms. The number of aryl methyl sites for hydroxylation is 1. The average molecular weight is 362 g/mol. The van der Waals surface area contributed by atoms with Crippen LogP contribution < -0.4 is 10.1 Å². The third kappa shape index (κ3) is 4.78. The standard InChI is InChI=1S/C19H27N3O2S/c1-11-21-22-17(25-11)20-13-9-14(18(3,4)5)16(24-12(2)23)15(10-13)19(6,7)8/h9-10H,1-8H3,(H,20,22). The largest absolute Gasteiger partial charge is 0.426 e. The van der Waals surface area contributed by atoms with E-state index in [1.165, 1.54) is 18.3 Å². The summed E-state index contributed by atoms with van der Waals surface area (Å²) in [7, 11) is 0. The summed E-state index contributed by atoms with van der Waals surface area (Å²) in [5, 5.41) is 13.2. The van der Waals surface area contributed by atoms with Gasteiger partial charge in [-0.3, -0.25) is 4.79 Å². The molecule has 5 nitrogen and oxygen atoms in total. The van der Waals surface area contributed by atoms with Gasteiger partial charge in [-0.2, -0.15) is 0 Å². The number of hydrogen-bond donors (Lipinski definition) is 1. The number of benzene rings is 1. The minimum absolute atomic E-state index is 0.181. The van der Waals surface area contributed by atoms with Gasteiger partial charge < -0.3 is 10.1 Å². The molecule has 6 heteroatoms. The Hall–Kier alpha value is -1.95. The summed E-state index contributed by atoms with van der Waals surface area (Å²) in [5.74, 6) is 0.350. The number of rotatable bonds is 3. The van der Waals surface area contributed by atoms with Crippen LogP contribution in [0, 0.1) is 6.92 Å². The predicted molar refractivity (Wildman–Crippen MR) is 103 cm³/mol. The average Bonchev–Trinajstić information content (AvgIpc) is 2.82. The highest BCUT2D eigenvalue weighted by atomic mass is 32.1. The Morgan fingerprint density at radius 3 is 1.92 bits per heavy atom. The van der Waals surface area contributed by atoms with E-state index < -0.39 is 0 Å². The molecule has 0 fully saturated rings. The van der Waals surface area contributed by atoms with Crippen LogP contribution in [0.25, 0.3) is 0 Å². The molecule has 0 unspecified atom stereocenters. The molecular formula is C19H27N3O2S. The summed E-state index contributed by atoms with van der Waals surface area (Å²) in [5.41, 5.74) is 2.53. The van der Waals surface area contributed by atoms with E-state index in [2.05, 4.69) is 57.1 Å². The van der Waals surface area contributed by atoms with E-state index in [9.17, 15) is 4.79 Å². The molecule has 2 aromatic rings. The lowest BCUT2D eigenvalue weighted by molar-refractivity contribution is -0.132. The van der Waals surface area contributed by atoms with Gasteiger partial charge in [0.25, 0.3) is 0 Å². The van der Waals surface area contributed by atoms with Crippen molar-refractivity contribution in [2.24, 2.45) is 0 Å². The summed E-state index contributed by atoms with van der Waals surface area (Å²) in [6, 6.07) is 4.06. The maximum Gasteiger partial charge on any atom is 0.308 e. The fourth-order valence-corrected chi connectivity index (χ4v) is 3.15. The molecule has 0 atom stereocenters. The van der Waals surface area contributed by atoms with Gasteiger partial charge in [0.2, 0.25) is 5.13 Å². The second kappa shape index (κ2) is 6.75. The minimum Gasteiger partial charge on any atom is -0.426 e. The number of nitrogens with one attached hydrogen (secondary N) is 1. The van der Waals surface area contributed by atoms with Gasteiger partial charge in [-0.15, -0.1) is 10.2 Å². The van der Waals surface area contributed by atoms with Gasteiger partial charge in [-0.05, 0) is 29.9 Å². The maximum atomic E-state index is 11.7. The van der Waals surface area contributed by atoms with Crippen molar-refractivity contribution in [3.05, 3.63) is 28.3 Å². The highest BCUT2D eigenvalue weighted by Gasteiger charge is 2.29. The molecule has 0 bridgehead atoms. The first kappa shape index (κ1) is 19.4. The molecule has 0 aliphatic rings. The molecule has 0 radical (unpaired) electrons. The molecule has 0 aliphatic carbocycles. The maximum absolute atomic E-state index is 11.7. The minimum atomic E-state index is -0.309. The van der Waals surface area contributed by atoms with Gasteiger partial charge in [0, 0.05) is 23.7 Å². The number of aromatic nitrogens is 2. The smallest absolute Gasteiger partial charge is 0.308 e. The zero-order valence-corrected chi connectivity index (χ0v) is 17.1. The van der Waals surface area contributed by atoms with Crippen molar-refractivity contribution in [3.63, 3.8) is 0 Å². The number of hydrogen-bond acceptors (Lipinski definition) is 6.